The van der Waals surface area contributed by atoms with Crippen LogP contribution in [0.4, 0.5) is 0 Å². The Morgan fingerprint density at radius 2 is 1.93 bits per heavy atom. The van der Waals surface area contributed by atoms with E-state index in [9.17, 15) is 5.11 Å². The Labute approximate surface area is 83.8 Å². The molecule has 1 aromatic carbocycles. The van der Waals surface area contributed by atoms with Gasteiger partial charge < -0.3 is 5.11 Å². The van der Waals surface area contributed by atoms with E-state index in [1.807, 2.05) is 6.07 Å². The summed E-state index contributed by atoms with van der Waals surface area (Å²) in [4.78, 5) is 0. The van der Waals surface area contributed by atoms with Crippen LogP contribution in [0.15, 0.2) is 12.1 Å². The summed E-state index contributed by atoms with van der Waals surface area (Å²) in [5.41, 5.74) is 2.81. The molecule has 1 aromatic rings. The third-order valence-electron chi connectivity index (χ3n) is 2.87. The molecule has 0 amide bonds. The normalized spacial score (nSPS) is 15.4. The van der Waals surface area contributed by atoms with E-state index in [1.54, 1.807) is 6.07 Å². The molecule has 1 aliphatic rings. The zero-order chi connectivity index (χ0) is 9.97. The lowest BCUT2D eigenvalue weighted by atomic mass is 9.97. The lowest BCUT2D eigenvalue weighted by molar-refractivity contribution is 0.472. The van der Waals surface area contributed by atoms with Crippen molar-refractivity contribution in [2.24, 2.45) is 0 Å². The number of nitrogens with zero attached hydrogens (tertiary/aromatic N) is 1. The smallest absolute Gasteiger partial charge is 0.133 e. The van der Waals surface area contributed by atoms with Crippen molar-refractivity contribution in [1.29, 1.82) is 5.26 Å². The highest BCUT2D eigenvalue weighted by Gasteiger charge is 2.14. The highest BCUT2D eigenvalue weighted by Crippen LogP contribution is 2.28. The Balaban J connectivity index is 2.55. The highest BCUT2D eigenvalue weighted by molar-refractivity contribution is 5.52. The van der Waals surface area contributed by atoms with Crippen molar-refractivity contribution in [3.63, 3.8) is 0 Å². The number of aromatic hydroxyl groups is 1. The van der Waals surface area contributed by atoms with Gasteiger partial charge in [-0.2, -0.15) is 5.26 Å². The van der Waals surface area contributed by atoms with Crippen molar-refractivity contribution in [3.8, 4) is 11.8 Å². The van der Waals surface area contributed by atoms with Gasteiger partial charge in [0.25, 0.3) is 0 Å². The summed E-state index contributed by atoms with van der Waals surface area (Å²) in [6.07, 6.45) is 5.53. The fourth-order valence-corrected chi connectivity index (χ4v) is 2.12. The fraction of sp³-hybridized carbons (Fsp3) is 0.417. The number of nitriles is 1. The molecule has 0 saturated carbocycles. The number of fused-ring (bicyclic) bond motifs is 1. The summed E-state index contributed by atoms with van der Waals surface area (Å²) in [6.45, 7) is 0. The molecule has 1 N–H and O–H groups in total. The number of rotatable bonds is 0. The summed E-state index contributed by atoms with van der Waals surface area (Å²) in [7, 11) is 0. The molecule has 14 heavy (non-hydrogen) atoms. The van der Waals surface area contributed by atoms with E-state index in [0.29, 0.717) is 5.56 Å². The van der Waals surface area contributed by atoms with E-state index in [1.165, 1.54) is 18.4 Å². The van der Waals surface area contributed by atoms with E-state index in [2.05, 4.69) is 6.07 Å². The zero-order valence-electron chi connectivity index (χ0n) is 8.08. The first kappa shape index (κ1) is 9.08. The minimum atomic E-state index is 0.133. The van der Waals surface area contributed by atoms with Crippen LogP contribution in [0.5, 0.6) is 5.75 Å². The number of phenols is 1. The van der Waals surface area contributed by atoms with E-state index in [4.69, 9.17) is 5.26 Å². The topological polar surface area (TPSA) is 44.0 Å². The Hall–Kier alpha value is -1.49. The molecule has 0 saturated heterocycles. The van der Waals surface area contributed by atoms with Gasteiger partial charge in [0.15, 0.2) is 0 Å². The van der Waals surface area contributed by atoms with Gasteiger partial charge in [0.1, 0.15) is 11.8 Å². The van der Waals surface area contributed by atoms with Crippen LogP contribution in [0.2, 0.25) is 0 Å². The van der Waals surface area contributed by atoms with Gasteiger partial charge in [-0.1, -0.05) is 12.5 Å². The first-order valence-electron chi connectivity index (χ1n) is 5.07. The highest BCUT2D eigenvalue weighted by atomic mass is 16.3. The van der Waals surface area contributed by atoms with Crippen LogP contribution in [0.3, 0.4) is 0 Å². The molecular weight excluding hydrogens is 174 g/mol. The second-order valence-electron chi connectivity index (χ2n) is 3.77. The van der Waals surface area contributed by atoms with Crippen LogP contribution in [0.25, 0.3) is 0 Å². The molecule has 0 aliphatic heterocycles. The molecule has 2 heteroatoms. The summed E-state index contributed by atoms with van der Waals surface area (Å²) in [5.74, 6) is 0.133. The first-order chi connectivity index (χ1) is 6.83. The van der Waals surface area contributed by atoms with Gasteiger partial charge in [-0.3, -0.25) is 0 Å². The van der Waals surface area contributed by atoms with Gasteiger partial charge in [0.05, 0.1) is 5.56 Å². The van der Waals surface area contributed by atoms with Crippen molar-refractivity contribution >= 4 is 0 Å². The summed E-state index contributed by atoms with van der Waals surface area (Å²) in [5, 5.41) is 18.5. The number of hydrogen-bond acceptors (Lipinski definition) is 2. The van der Waals surface area contributed by atoms with Crippen LogP contribution >= 0.6 is 0 Å². The SMILES string of the molecule is N#Cc1c(O)ccc2c1CCCCC2. The van der Waals surface area contributed by atoms with Crippen LogP contribution < -0.4 is 0 Å². The minimum absolute atomic E-state index is 0.133. The van der Waals surface area contributed by atoms with Crippen LogP contribution in [-0.2, 0) is 12.8 Å². The zero-order valence-corrected chi connectivity index (χ0v) is 8.08. The standard InChI is InChI=1S/C12H13NO/c13-8-11-10-5-3-1-2-4-9(10)6-7-12(11)14/h6-7,14H,1-5H2. The van der Waals surface area contributed by atoms with Crippen LogP contribution in [0.1, 0.15) is 36.0 Å². The van der Waals surface area contributed by atoms with E-state index >= 15 is 0 Å². The molecule has 72 valence electrons. The summed E-state index contributed by atoms with van der Waals surface area (Å²) in [6, 6.07) is 5.70. The first-order valence-corrected chi connectivity index (χ1v) is 5.07. The van der Waals surface area contributed by atoms with Gasteiger partial charge in [-0.25, -0.2) is 0 Å². The van der Waals surface area contributed by atoms with E-state index < -0.39 is 0 Å². The molecule has 2 rings (SSSR count). The minimum Gasteiger partial charge on any atom is -0.507 e. The number of benzene rings is 1. The molecule has 0 fully saturated rings. The second kappa shape index (κ2) is 3.71. The molecule has 0 unspecified atom stereocenters. The van der Waals surface area contributed by atoms with Crippen molar-refractivity contribution in [1.82, 2.24) is 0 Å². The van der Waals surface area contributed by atoms with Gasteiger partial charge in [-0.15, -0.1) is 0 Å². The van der Waals surface area contributed by atoms with Gasteiger partial charge in [-0.05, 0) is 42.9 Å². The maximum absolute atomic E-state index is 9.54. The maximum atomic E-state index is 9.54. The third-order valence-corrected chi connectivity index (χ3v) is 2.87. The average molecular weight is 187 g/mol. The molecule has 0 heterocycles. The van der Waals surface area contributed by atoms with Crippen molar-refractivity contribution in [2.45, 2.75) is 32.1 Å². The van der Waals surface area contributed by atoms with Gasteiger partial charge in [0, 0.05) is 0 Å². The predicted octanol–water partition coefficient (Wildman–Crippen LogP) is 2.53. The third kappa shape index (κ3) is 1.46. The van der Waals surface area contributed by atoms with Crippen molar-refractivity contribution in [3.05, 3.63) is 28.8 Å². The molecule has 2 nitrogen and oxygen atoms in total. The largest absolute Gasteiger partial charge is 0.507 e. The summed E-state index contributed by atoms with van der Waals surface area (Å²) >= 11 is 0. The Morgan fingerprint density at radius 1 is 1.14 bits per heavy atom. The lowest BCUT2D eigenvalue weighted by Gasteiger charge is -2.08. The molecule has 0 atom stereocenters. The van der Waals surface area contributed by atoms with Crippen molar-refractivity contribution < 1.29 is 5.11 Å². The van der Waals surface area contributed by atoms with E-state index in [-0.39, 0.29) is 5.75 Å². The van der Waals surface area contributed by atoms with Gasteiger partial charge in [0.2, 0.25) is 0 Å². The number of phenolic OH excluding ortho intramolecular Hbond substituents is 1. The quantitative estimate of drug-likeness (QED) is 0.634. The molecular formula is C12H13NO. The average Bonchev–Trinajstić information content (AvgIpc) is 2.42. The molecule has 0 aromatic heterocycles. The fourth-order valence-electron chi connectivity index (χ4n) is 2.12. The molecule has 0 bridgehead atoms. The molecule has 0 radical (unpaired) electrons. The molecule has 0 spiro atoms. The molecule has 1 aliphatic carbocycles. The van der Waals surface area contributed by atoms with Gasteiger partial charge >= 0.3 is 0 Å². The van der Waals surface area contributed by atoms with Crippen LogP contribution in [0, 0.1) is 11.3 Å². The summed E-state index contributed by atoms with van der Waals surface area (Å²) < 4.78 is 0. The number of aryl methyl sites for hydroxylation is 1. The van der Waals surface area contributed by atoms with Crippen molar-refractivity contribution in [2.75, 3.05) is 0 Å². The number of hydrogen-bond donors (Lipinski definition) is 1. The Morgan fingerprint density at radius 3 is 2.71 bits per heavy atom. The predicted molar refractivity (Wildman–Crippen MR) is 54.1 cm³/mol. The van der Waals surface area contributed by atoms with E-state index in [0.717, 1.165) is 24.8 Å². The van der Waals surface area contributed by atoms with Crippen LogP contribution in [-0.4, -0.2) is 5.11 Å². The second-order valence-corrected chi connectivity index (χ2v) is 3.77. The maximum Gasteiger partial charge on any atom is 0.133 e. The Kier molecular flexibility index (Phi) is 2.41. The Bertz CT molecular complexity index is 390. The lowest BCUT2D eigenvalue weighted by Crippen LogP contribution is -1.95. The monoisotopic (exact) mass is 187 g/mol.